The minimum atomic E-state index is -0.839. The number of anilines is 1. The van der Waals surface area contributed by atoms with Crippen LogP contribution in [0.15, 0.2) is 54.6 Å². The molecular weight excluding hydrogens is 380 g/mol. The molecule has 160 valence electrons. The number of amides is 1. The zero-order valence-electron chi connectivity index (χ0n) is 17.4. The summed E-state index contributed by atoms with van der Waals surface area (Å²) in [5.41, 5.74) is 2.27. The van der Waals surface area contributed by atoms with Crippen molar-refractivity contribution in [2.75, 3.05) is 31.6 Å². The Labute approximate surface area is 177 Å². The van der Waals surface area contributed by atoms with E-state index in [-0.39, 0.29) is 12.5 Å². The first-order valence-corrected chi connectivity index (χ1v) is 10.6. The van der Waals surface area contributed by atoms with Crippen LogP contribution in [0.4, 0.5) is 5.69 Å². The number of esters is 1. The van der Waals surface area contributed by atoms with E-state index in [2.05, 4.69) is 29.6 Å². The first-order valence-electron chi connectivity index (χ1n) is 10.6. The number of aliphatic hydroxyl groups is 1. The van der Waals surface area contributed by atoms with Gasteiger partial charge in [-0.25, -0.2) is 4.79 Å². The average molecular weight is 411 g/mol. The molecule has 30 heavy (non-hydrogen) atoms. The van der Waals surface area contributed by atoms with Crippen molar-refractivity contribution in [3.8, 4) is 0 Å². The summed E-state index contributed by atoms with van der Waals surface area (Å²) in [5, 5.41) is 12.0. The van der Waals surface area contributed by atoms with E-state index in [1.165, 1.54) is 5.56 Å². The summed E-state index contributed by atoms with van der Waals surface area (Å²) in [5.74, 6) is -0.128. The molecule has 6 nitrogen and oxygen atoms in total. The molecule has 0 aliphatic carbocycles. The van der Waals surface area contributed by atoms with Crippen LogP contribution < -0.4 is 5.32 Å². The van der Waals surface area contributed by atoms with E-state index in [0.717, 1.165) is 19.3 Å². The first-order chi connectivity index (χ1) is 14.6. The van der Waals surface area contributed by atoms with Crippen molar-refractivity contribution in [1.82, 2.24) is 4.90 Å². The fraction of sp³-hybridized carbons (Fsp3) is 0.417. The average Bonchev–Trinajstić information content (AvgIpc) is 2.78. The van der Waals surface area contributed by atoms with Crippen molar-refractivity contribution < 1.29 is 19.4 Å². The molecule has 2 aromatic carbocycles. The highest BCUT2D eigenvalue weighted by Crippen LogP contribution is 2.23. The topological polar surface area (TPSA) is 78.9 Å². The number of hydrogen-bond acceptors (Lipinski definition) is 5. The molecule has 3 rings (SSSR count). The van der Waals surface area contributed by atoms with Crippen molar-refractivity contribution in [2.45, 2.75) is 32.3 Å². The van der Waals surface area contributed by atoms with Gasteiger partial charge in [0.1, 0.15) is 0 Å². The molecule has 2 aromatic rings. The molecule has 0 radical (unpaired) electrons. The summed E-state index contributed by atoms with van der Waals surface area (Å²) in [6, 6.07) is 17.4. The Morgan fingerprint density at radius 3 is 2.47 bits per heavy atom. The monoisotopic (exact) mass is 410 g/mol. The number of likely N-dealkylation sites (tertiary alicyclic amines) is 1. The van der Waals surface area contributed by atoms with Gasteiger partial charge in [-0.2, -0.15) is 0 Å². The molecule has 2 N–H and O–H groups in total. The highest BCUT2D eigenvalue weighted by atomic mass is 16.5. The van der Waals surface area contributed by atoms with Crippen molar-refractivity contribution >= 4 is 17.6 Å². The standard InChI is InChI=1S/C24H30N2O4/c1-18(30-24(29)21-9-5-6-10-22(21)25-13-16-27)23(28)26-14-11-20(12-15-26)17-19-7-3-2-4-8-19/h2-10,18,20,25,27H,11-17H2,1H3/t18-/m1/s1. The molecule has 1 amide bonds. The van der Waals surface area contributed by atoms with Crippen molar-refractivity contribution in [1.29, 1.82) is 0 Å². The maximum atomic E-state index is 12.8. The minimum absolute atomic E-state index is 0.0432. The normalized spacial score (nSPS) is 15.5. The van der Waals surface area contributed by atoms with Gasteiger partial charge in [0, 0.05) is 25.3 Å². The van der Waals surface area contributed by atoms with Crippen LogP contribution in [0.25, 0.3) is 0 Å². The lowest BCUT2D eigenvalue weighted by Gasteiger charge is -2.33. The van der Waals surface area contributed by atoms with Crippen molar-refractivity contribution in [3.05, 3.63) is 65.7 Å². The molecule has 1 aliphatic heterocycles. The molecule has 0 saturated carbocycles. The third-order valence-corrected chi connectivity index (χ3v) is 5.50. The molecule has 0 unspecified atom stereocenters. The number of carbonyl (C=O) groups excluding carboxylic acids is 2. The van der Waals surface area contributed by atoms with E-state index in [4.69, 9.17) is 9.84 Å². The van der Waals surface area contributed by atoms with E-state index in [1.54, 1.807) is 36.1 Å². The lowest BCUT2D eigenvalue weighted by atomic mass is 9.90. The Morgan fingerprint density at radius 2 is 1.77 bits per heavy atom. The molecule has 0 spiro atoms. The largest absolute Gasteiger partial charge is 0.449 e. The Kier molecular flexibility index (Phi) is 7.85. The smallest absolute Gasteiger partial charge is 0.341 e. The Hall–Kier alpha value is -2.86. The quantitative estimate of drug-likeness (QED) is 0.654. The number of para-hydroxylation sites is 1. The number of carbonyl (C=O) groups is 2. The second kappa shape index (κ2) is 10.8. The number of nitrogens with one attached hydrogen (secondary N) is 1. The van der Waals surface area contributed by atoms with E-state index < -0.39 is 12.1 Å². The van der Waals surface area contributed by atoms with Crippen LogP contribution in [-0.4, -0.2) is 54.2 Å². The summed E-state index contributed by atoms with van der Waals surface area (Å²) in [6.07, 6.45) is 2.10. The molecule has 0 aromatic heterocycles. The third kappa shape index (κ3) is 5.83. The van der Waals surface area contributed by atoms with Gasteiger partial charge in [0.15, 0.2) is 6.10 Å². The number of nitrogens with zero attached hydrogens (tertiary/aromatic N) is 1. The van der Waals surface area contributed by atoms with Crippen LogP contribution in [0.5, 0.6) is 0 Å². The Balaban J connectivity index is 1.51. The minimum Gasteiger partial charge on any atom is -0.449 e. The highest BCUT2D eigenvalue weighted by molar-refractivity contribution is 5.97. The SMILES string of the molecule is C[C@@H](OC(=O)c1ccccc1NCCO)C(=O)N1CCC(Cc2ccccc2)CC1. The van der Waals surface area contributed by atoms with E-state index in [9.17, 15) is 9.59 Å². The van der Waals surface area contributed by atoms with Crippen LogP contribution in [0.2, 0.25) is 0 Å². The van der Waals surface area contributed by atoms with Gasteiger partial charge in [0.05, 0.1) is 12.2 Å². The van der Waals surface area contributed by atoms with Gasteiger partial charge >= 0.3 is 5.97 Å². The van der Waals surface area contributed by atoms with E-state index in [1.807, 2.05) is 6.07 Å². The van der Waals surface area contributed by atoms with Gasteiger partial charge in [-0.05, 0) is 49.8 Å². The number of benzene rings is 2. The second-order valence-corrected chi connectivity index (χ2v) is 7.70. The van der Waals surface area contributed by atoms with Crippen LogP contribution in [-0.2, 0) is 16.0 Å². The number of aliphatic hydroxyl groups excluding tert-OH is 1. The number of rotatable bonds is 8. The molecule has 1 fully saturated rings. The molecule has 6 heteroatoms. The molecule has 0 bridgehead atoms. The summed E-state index contributed by atoms with van der Waals surface area (Å²) in [7, 11) is 0. The van der Waals surface area contributed by atoms with Crippen LogP contribution in [0, 0.1) is 5.92 Å². The molecule has 1 saturated heterocycles. The lowest BCUT2D eigenvalue weighted by Crippen LogP contribution is -2.44. The van der Waals surface area contributed by atoms with Crippen LogP contribution in [0.1, 0.15) is 35.7 Å². The predicted octanol–water partition coefficient (Wildman–Crippen LogP) is 3.12. The van der Waals surface area contributed by atoms with Gasteiger partial charge in [-0.3, -0.25) is 4.79 Å². The van der Waals surface area contributed by atoms with Crippen LogP contribution in [0.3, 0.4) is 0 Å². The summed E-state index contributed by atoms with van der Waals surface area (Å²) in [4.78, 5) is 27.2. The Morgan fingerprint density at radius 1 is 1.10 bits per heavy atom. The van der Waals surface area contributed by atoms with Gasteiger partial charge in [0.25, 0.3) is 5.91 Å². The fourth-order valence-electron chi connectivity index (χ4n) is 3.84. The van der Waals surface area contributed by atoms with Crippen LogP contribution >= 0.6 is 0 Å². The van der Waals surface area contributed by atoms with E-state index >= 15 is 0 Å². The molecular formula is C24H30N2O4. The van der Waals surface area contributed by atoms with Gasteiger partial charge in [-0.15, -0.1) is 0 Å². The number of piperidine rings is 1. The van der Waals surface area contributed by atoms with Gasteiger partial charge in [0.2, 0.25) is 0 Å². The third-order valence-electron chi connectivity index (χ3n) is 5.50. The predicted molar refractivity (Wildman–Crippen MR) is 116 cm³/mol. The maximum Gasteiger partial charge on any atom is 0.341 e. The van der Waals surface area contributed by atoms with Gasteiger partial charge < -0.3 is 20.1 Å². The molecule has 1 atom stereocenters. The zero-order valence-corrected chi connectivity index (χ0v) is 17.4. The van der Waals surface area contributed by atoms with Crippen molar-refractivity contribution in [3.63, 3.8) is 0 Å². The Bertz CT molecular complexity index is 832. The lowest BCUT2D eigenvalue weighted by molar-refractivity contribution is -0.141. The molecule has 1 aliphatic rings. The summed E-state index contributed by atoms with van der Waals surface area (Å²) >= 11 is 0. The first kappa shape index (κ1) is 21.8. The summed E-state index contributed by atoms with van der Waals surface area (Å²) in [6.45, 7) is 3.29. The van der Waals surface area contributed by atoms with Crippen molar-refractivity contribution in [2.24, 2.45) is 5.92 Å². The fourth-order valence-corrected chi connectivity index (χ4v) is 3.84. The summed E-state index contributed by atoms with van der Waals surface area (Å²) < 4.78 is 5.46. The second-order valence-electron chi connectivity index (χ2n) is 7.70. The number of hydrogen-bond donors (Lipinski definition) is 2. The molecule has 1 heterocycles. The highest BCUT2D eigenvalue weighted by Gasteiger charge is 2.28. The van der Waals surface area contributed by atoms with Gasteiger partial charge in [-0.1, -0.05) is 42.5 Å². The zero-order chi connectivity index (χ0) is 21.3. The maximum absolute atomic E-state index is 12.8. The number of ether oxygens (including phenoxy) is 1. The van der Waals surface area contributed by atoms with E-state index in [0.29, 0.717) is 36.8 Å².